The molecular weight excluding hydrogens is 206 g/mol. The van der Waals surface area contributed by atoms with Crippen molar-refractivity contribution in [3.63, 3.8) is 0 Å². The number of nitrogens with zero attached hydrogens (tertiary/aromatic N) is 3. The molecule has 2 aromatic rings. The number of hydrogen-bond acceptors (Lipinski definition) is 3. The molecule has 1 unspecified atom stereocenters. The number of aliphatic carboxylic acids is 1. The minimum Gasteiger partial charge on any atom is -0.481 e. The molecule has 0 amide bonds. The number of aromatic nitrogens is 3. The van der Waals surface area contributed by atoms with Crippen LogP contribution in [0.5, 0.6) is 0 Å². The van der Waals surface area contributed by atoms with Gasteiger partial charge in [0.2, 0.25) is 0 Å². The van der Waals surface area contributed by atoms with Crippen molar-refractivity contribution in [2.24, 2.45) is 0 Å². The van der Waals surface area contributed by atoms with E-state index in [0.29, 0.717) is 12.1 Å². The van der Waals surface area contributed by atoms with E-state index in [2.05, 4.69) is 10.1 Å². The second kappa shape index (κ2) is 3.92. The first-order valence-electron chi connectivity index (χ1n) is 5.17. The van der Waals surface area contributed by atoms with Gasteiger partial charge < -0.3 is 5.11 Å². The Morgan fingerprint density at radius 3 is 3.00 bits per heavy atom. The molecule has 5 nitrogen and oxygen atoms in total. The molecule has 0 bridgehead atoms. The van der Waals surface area contributed by atoms with Crippen LogP contribution < -0.4 is 0 Å². The Morgan fingerprint density at radius 1 is 1.62 bits per heavy atom. The first-order chi connectivity index (χ1) is 7.63. The lowest BCUT2D eigenvalue weighted by Crippen LogP contribution is -2.13. The van der Waals surface area contributed by atoms with E-state index in [1.165, 1.54) is 0 Å². The maximum atomic E-state index is 11.1. The molecule has 0 fully saturated rings. The minimum absolute atomic E-state index is 0.520. The second-order valence-electron chi connectivity index (χ2n) is 3.73. The molecule has 0 saturated heterocycles. The molecular formula is C11H13N3O2. The molecule has 0 aliphatic rings. The molecule has 0 aliphatic carbocycles. The Balaban J connectivity index is 2.62. The van der Waals surface area contributed by atoms with Crippen LogP contribution in [0.1, 0.15) is 30.7 Å². The maximum absolute atomic E-state index is 11.1. The fourth-order valence-corrected chi connectivity index (χ4v) is 1.82. The number of fused-ring (bicyclic) bond motifs is 1. The van der Waals surface area contributed by atoms with Crippen molar-refractivity contribution in [3.8, 4) is 0 Å². The highest BCUT2D eigenvalue weighted by molar-refractivity contribution is 5.78. The first-order valence-corrected chi connectivity index (χ1v) is 5.17. The summed E-state index contributed by atoms with van der Waals surface area (Å²) in [5.74, 6) is -1.42. The van der Waals surface area contributed by atoms with Crippen molar-refractivity contribution >= 4 is 11.5 Å². The molecule has 0 aromatic carbocycles. The number of carboxylic acids is 1. The van der Waals surface area contributed by atoms with Crippen LogP contribution in [0.4, 0.5) is 0 Å². The Hall–Kier alpha value is -1.91. The van der Waals surface area contributed by atoms with Crippen LogP contribution in [0.2, 0.25) is 0 Å². The molecule has 2 aromatic heterocycles. The van der Waals surface area contributed by atoms with Gasteiger partial charge in [-0.3, -0.25) is 9.78 Å². The molecule has 5 heteroatoms. The summed E-state index contributed by atoms with van der Waals surface area (Å²) in [5.41, 5.74) is 2.21. The molecule has 1 N–H and O–H groups in total. The number of hydrogen-bond donors (Lipinski definition) is 1. The van der Waals surface area contributed by atoms with Crippen molar-refractivity contribution < 1.29 is 9.90 Å². The summed E-state index contributed by atoms with van der Waals surface area (Å²) < 4.78 is 1.67. The first kappa shape index (κ1) is 10.6. The monoisotopic (exact) mass is 219 g/mol. The number of aryl methyl sites for hydroxylation is 1. The largest absolute Gasteiger partial charge is 0.481 e. The third-order valence-electron chi connectivity index (χ3n) is 2.58. The van der Waals surface area contributed by atoms with E-state index in [4.69, 9.17) is 5.11 Å². The average molecular weight is 219 g/mol. The van der Waals surface area contributed by atoms with Crippen molar-refractivity contribution in [2.45, 2.75) is 26.2 Å². The number of carboxylic acid groups (broad SMARTS) is 1. The topological polar surface area (TPSA) is 67.5 Å². The van der Waals surface area contributed by atoms with Crippen LogP contribution in [0.25, 0.3) is 5.52 Å². The summed E-state index contributed by atoms with van der Waals surface area (Å²) in [6.07, 6.45) is 3.83. The predicted octanol–water partition coefficient (Wildman–Crippen LogP) is 1.62. The lowest BCUT2D eigenvalue weighted by Gasteiger charge is -2.09. The van der Waals surface area contributed by atoms with Crippen molar-refractivity contribution in [1.82, 2.24) is 14.6 Å². The lowest BCUT2D eigenvalue weighted by atomic mass is 10.0. The standard InChI is InChI=1S/C11H13N3O2/c1-3-8(11(15)16)10-9-6-7(2)13-14(9)5-4-12-10/h4-6,8H,3H2,1-2H3,(H,15,16). The van der Waals surface area contributed by atoms with Gasteiger partial charge in [0.1, 0.15) is 5.92 Å². The van der Waals surface area contributed by atoms with E-state index in [-0.39, 0.29) is 0 Å². The van der Waals surface area contributed by atoms with Gasteiger partial charge in [-0.25, -0.2) is 4.52 Å². The fraction of sp³-hybridized carbons (Fsp3) is 0.364. The Kier molecular flexibility index (Phi) is 2.60. The zero-order chi connectivity index (χ0) is 11.7. The Labute approximate surface area is 92.7 Å². The average Bonchev–Trinajstić information content (AvgIpc) is 2.59. The third-order valence-corrected chi connectivity index (χ3v) is 2.58. The maximum Gasteiger partial charge on any atom is 0.312 e. The highest BCUT2D eigenvalue weighted by Crippen LogP contribution is 2.22. The van der Waals surface area contributed by atoms with Crippen LogP contribution in [-0.2, 0) is 4.79 Å². The van der Waals surface area contributed by atoms with Gasteiger partial charge in [-0.2, -0.15) is 5.10 Å². The van der Waals surface area contributed by atoms with Gasteiger partial charge in [0, 0.05) is 12.4 Å². The van der Waals surface area contributed by atoms with Gasteiger partial charge >= 0.3 is 5.97 Å². The van der Waals surface area contributed by atoms with Crippen LogP contribution in [-0.4, -0.2) is 25.7 Å². The highest BCUT2D eigenvalue weighted by atomic mass is 16.4. The summed E-state index contributed by atoms with van der Waals surface area (Å²) in [6.45, 7) is 3.71. The van der Waals surface area contributed by atoms with E-state index < -0.39 is 11.9 Å². The number of rotatable bonds is 3. The SMILES string of the molecule is CCC(C(=O)O)c1nccn2nc(C)cc12. The smallest absolute Gasteiger partial charge is 0.312 e. The van der Waals surface area contributed by atoms with Gasteiger partial charge in [0.25, 0.3) is 0 Å². The van der Waals surface area contributed by atoms with Gasteiger partial charge in [-0.15, -0.1) is 0 Å². The molecule has 2 heterocycles. The summed E-state index contributed by atoms with van der Waals surface area (Å²) in [5, 5.41) is 13.4. The van der Waals surface area contributed by atoms with E-state index in [1.54, 1.807) is 16.9 Å². The lowest BCUT2D eigenvalue weighted by molar-refractivity contribution is -0.138. The number of carbonyl (C=O) groups is 1. The van der Waals surface area contributed by atoms with Crippen molar-refractivity contribution in [2.75, 3.05) is 0 Å². The van der Waals surface area contributed by atoms with Gasteiger partial charge in [-0.05, 0) is 19.4 Å². The van der Waals surface area contributed by atoms with Gasteiger partial charge in [-0.1, -0.05) is 6.92 Å². The van der Waals surface area contributed by atoms with Crippen LogP contribution in [0, 0.1) is 6.92 Å². The van der Waals surface area contributed by atoms with E-state index in [1.807, 2.05) is 19.9 Å². The van der Waals surface area contributed by atoms with E-state index >= 15 is 0 Å². The quantitative estimate of drug-likeness (QED) is 0.851. The van der Waals surface area contributed by atoms with E-state index in [9.17, 15) is 4.79 Å². The molecule has 1 atom stereocenters. The van der Waals surface area contributed by atoms with Crippen molar-refractivity contribution in [3.05, 3.63) is 29.8 Å². The molecule has 0 spiro atoms. The molecule has 0 radical (unpaired) electrons. The van der Waals surface area contributed by atoms with Crippen LogP contribution >= 0.6 is 0 Å². The Morgan fingerprint density at radius 2 is 2.38 bits per heavy atom. The van der Waals surface area contributed by atoms with Gasteiger partial charge in [0.15, 0.2) is 0 Å². The molecule has 0 saturated carbocycles. The minimum atomic E-state index is -0.845. The van der Waals surface area contributed by atoms with Crippen LogP contribution in [0.3, 0.4) is 0 Å². The summed E-state index contributed by atoms with van der Waals surface area (Å²) in [4.78, 5) is 15.3. The summed E-state index contributed by atoms with van der Waals surface area (Å²) in [6, 6.07) is 1.86. The normalized spacial score (nSPS) is 12.9. The van der Waals surface area contributed by atoms with Crippen molar-refractivity contribution in [1.29, 1.82) is 0 Å². The predicted molar refractivity (Wildman–Crippen MR) is 58.4 cm³/mol. The Bertz CT molecular complexity index is 533. The summed E-state index contributed by atoms with van der Waals surface area (Å²) >= 11 is 0. The molecule has 0 aliphatic heterocycles. The third kappa shape index (κ3) is 1.64. The molecule has 16 heavy (non-hydrogen) atoms. The zero-order valence-electron chi connectivity index (χ0n) is 9.21. The molecule has 84 valence electrons. The summed E-state index contributed by atoms with van der Waals surface area (Å²) in [7, 11) is 0. The van der Waals surface area contributed by atoms with E-state index in [0.717, 1.165) is 11.2 Å². The van der Waals surface area contributed by atoms with Crippen LogP contribution in [0.15, 0.2) is 18.5 Å². The highest BCUT2D eigenvalue weighted by Gasteiger charge is 2.22. The second-order valence-corrected chi connectivity index (χ2v) is 3.73. The zero-order valence-corrected chi connectivity index (χ0v) is 9.21. The fourth-order valence-electron chi connectivity index (χ4n) is 1.82. The molecule has 2 rings (SSSR count). The van der Waals surface area contributed by atoms with Gasteiger partial charge in [0.05, 0.1) is 16.9 Å².